The molecule has 0 spiro atoms. The first-order valence-corrected chi connectivity index (χ1v) is 23.4. The van der Waals surface area contributed by atoms with E-state index in [9.17, 15) is 19.8 Å². The maximum absolute atomic E-state index is 13.2. The van der Waals surface area contributed by atoms with E-state index < -0.39 is 11.8 Å². The van der Waals surface area contributed by atoms with Crippen LogP contribution in [0.5, 0.6) is 0 Å². The number of aliphatic hydroxyl groups is 2. The van der Waals surface area contributed by atoms with Crippen molar-refractivity contribution in [3.63, 3.8) is 0 Å². The van der Waals surface area contributed by atoms with Crippen molar-refractivity contribution in [3.8, 4) is 0 Å². The largest absolute Gasteiger partial charge is 0.461 e. The van der Waals surface area contributed by atoms with Crippen molar-refractivity contribution in [1.82, 2.24) is 30.0 Å². The van der Waals surface area contributed by atoms with Gasteiger partial charge in [0.05, 0.1) is 36.1 Å². The molecule has 0 amide bonds. The highest BCUT2D eigenvalue weighted by molar-refractivity contribution is 5.82. The number of ether oxygens (including phenoxy) is 2. The molecule has 0 aliphatic carbocycles. The van der Waals surface area contributed by atoms with Crippen LogP contribution >= 0.6 is 0 Å². The molecule has 352 valence electrons. The third-order valence-corrected chi connectivity index (χ3v) is 13.2. The second-order valence-electron chi connectivity index (χ2n) is 17.5. The van der Waals surface area contributed by atoms with Crippen LogP contribution in [-0.4, -0.2) is 52.1 Å². The van der Waals surface area contributed by atoms with Crippen LogP contribution in [0.25, 0.3) is 22.1 Å². The van der Waals surface area contributed by atoms with Crippen LogP contribution in [0.15, 0.2) is 121 Å². The number of carbonyl (C=O) groups excluding carboxylic acids is 2. The summed E-state index contributed by atoms with van der Waals surface area (Å²) in [6.07, 6.45) is 0. The van der Waals surface area contributed by atoms with Gasteiger partial charge in [-0.15, -0.1) is 10.2 Å². The van der Waals surface area contributed by atoms with Crippen LogP contribution < -0.4 is 0 Å². The zero-order valence-corrected chi connectivity index (χ0v) is 40.3. The summed E-state index contributed by atoms with van der Waals surface area (Å²) in [5.74, 6) is -1.95. The van der Waals surface area contributed by atoms with Crippen molar-refractivity contribution in [1.29, 1.82) is 0 Å². The monoisotopic (exact) mass is 914 g/mol. The highest BCUT2D eigenvalue weighted by atomic mass is 16.5. The minimum absolute atomic E-state index is 0.0535. The normalized spacial score (nSPS) is 13.1. The van der Waals surface area contributed by atoms with Crippen LogP contribution in [0.2, 0.25) is 0 Å². The molecule has 8 aromatic rings. The van der Waals surface area contributed by atoms with E-state index in [-0.39, 0.29) is 50.2 Å². The number of rotatable bonds is 16. The van der Waals surface area contributed by atoms with Gasteiger partial charge < -0.3 is 19.7 Å². The Morgan fingerprint density at radius 2 is 0.926 bits per heavy atom. The van der Waals surface area contributed by atoms with Gasteiger partial charge >= 0.3 is 11.9 Å². The van der Waals surface area contributed by atoms with Gasteiger partial charge in [-0.25, -0.2) is 9.36 Å². The van der Waals surface area contributed by atoms with Crippen molar-refractivity contribution >= 4 is 34.0 Å². The number of esters is 2. The molecular formula is C56H62N6O6. The first-order chi connectivity index (χ1) is 32.9. The molecular weight excluding hydrogens is 853 g/mol. The summed E-state index contributed by atoms with van der Waals surface area (Å²) in [5.41, 5.74) is 15.2. The van der Waals surface area contributed by atoms with Crippen LogP contribution in [0.3, 0.4) is 0 Å². The Bertz CT molecular complexity index is 2800. The molecule has 2 N–H and O–H groups in total. The summed E-state index contributed by atoms with van der Waals surface area (Å²) in [4.78, 5) is 26.5. The lowest BCUT2D eigenvalue weighted by Crippen LogP contribution is -2.24. The standard InChI is InChI=1S/2C28H31N3O3/c2*1-5-31-25-14-13-24(19(3)27(25)29-30-31)26(22-12-11-18(2)23(15-22)16-32)20(4)28(33)34-17-21-9-7-6-8-10-21/h2*6-15,20,26,32H,5,16-17H2,1-4H3/t20-,26+;20-,26-/m01/s1. The topological polar surface area (TPSA) is 154 Å². The molecule has 0 unspecified atom stereocenters. The van der Waals surface area contributed by atoms with Crippen molar-refractivity contribution in [2.45, 2.75) is 107 Å². The van der Waals surface area contributed by atoms with Crippen molar-refractivity contribution in [3.05, 3.63) is 188 Å². The fourth-order valence-electron chi connectivity index (χ4n) is 9.08. The van der Waals surface area contributed by atoms with E-state index in [0.717, 1.165) is 102 Å². The second-order valence-corrected chi connectivity index (χ2v) is 17.5. The van der Waals surface area contributed by atoms with Gasteiger partial charge in [0.1, 0.15) is 24.2 Å². The van der Waals surface area contributed by atoms with E-state index in [2.05, 4.69) is 32.8 Å². The third-order valence-electron chi connectivity index (χ3n) is 13.2. The molecule has 0 aliphatic heterocycles. The van der Waals surface area contributed by atoms with Gasteiger partial charge in [-0.2, -0.15) is 0 Å². The Morgan fingerprint density at radius 3 is 1.28 bits per heavy atom. The van der Waals surface area contributed by atoms with E-state index in [1.165, 1.54) is 0 Å². The first kappa shape index (κ1) is 48.9. The van der Waals surface area contributed by atoms with E-state index >= 15 is 0 Å². The molecule has 4 atom stereocenters. The zero-order chi connectivity index (χ0) is 48.5. The molecule has 12 heteroatoms. The highest BCUT2D eigenvalue weighted by Crippen LogP contribution is 2.39. The van der Waals surface area contributed by atoms with Gasteiger partial charge in [-0.05, 0) is 120 Å². The molecule has 0 saturated carbocycles. The van der Waals surface area contributed by atoms with E-state index in [4.69, 9.17) is 9.47 Å². The molecule has 12 nitrogen and oxygen atoms in total. The summed E-state index contributed by atoms with van der Waals surface area (Å²) < 4.78 is 15.2. The quantitative estimate of drug-likeness (QED) is 0.0896. The predicted molar refractivity (Wildman–Crippen MR) is 265 cm³/mol. The first-order valence-electron chi connectivity index (χ1n) is 23.4. The average molecular weight is 915 g/mol. The summed E-state index contributed by atoms with van der Waals surface area (Å²) in [7, 11) is 0. The van der Waals surface area contributed by atoms with Gasteiger partial charge in [-0.3, -0.25) is 9.59 Å². The van der Waals surface area contributed by atoms with Gasteiger partial charge in [0.25, 0.3) is 0 Å². The number of aryl methyl sites for hydroxylation is 6. The smallest absolute Gasteiger partial charge is 0.309 e. The van der Waals surface area contributed by atoms with E-state index in [1.807, 2.05) is 174 Å². The number of nitrogens with zero attached hydrogens (tertiary/aromatic N) is 6. The molecule has 8 rings (SSSR count). The van der Waals surface area contributed by atoms with E-state index in [0.29, 0.717) is 0 Å². The zero-order valence-electron chi connectivity index (χ0n) is 40.3. The third kappa shape index (κ3) is 10.6. The summed E-state index contributed by atoms with van der Waals surface area (Å²) in [5, 5.41) is 37.1. The fraction of sp³-hybridized carbons (Fsp3) is 0.321. The number of aromatic nitrogens is 6. The molecule has 0 aliphatic rings. The maximum Gasteiger partial charge on any atom is 0.309 e. The van der Waals surface area contributed by atoms with Crippen molar-refractivity contribution in [2.24, 2.45) is 11.8 Å². The molecule has 68 heavy (non-hydrogen) atoms. The van der Waals surface area contributed by atoms with Gasteiger partial charge in [0.2, 0.25) is 0 Å². The number of carbonyl (C=O) groups is 2. The SMILES string of the molecule is CCn1nnc2c(C)c([C@@H](c3ccc(C)c(CO)c3)[C@@H](C)C(=O)OCc3ccccc3)ccc21.CCn1nnc2c(C)c([C@@H](c3ccc(C)c(CO)c3)[C@H](C)C(=O)OCc3ccccc3)ccc21. The minimum Gasteiger partial charge on any atom is -0.461 e. The molecule has 0 bridgehead atoms. The summed E-state index contributed by atoms with van der Waals surface area (Å²) >= 11 is 0. The maximum atomic E-state index is 13.2. The van der Waals surface area contributed by atoms with Crippen molar-refractivity contribution < 1.29 is 29.3 Å². The van der Waals surface area contributed by atoms with Crippen LogP contribution in [-0.2, 0) is 58.6 Å². The Hall–Kier alpha value is -7.02. The molecule has 2 aromatic heterocycles. The van der Waals surface area contributed by atoms with Gasteiger partial charge in [0, 0.05) is 24.9 Å². The lowest BCUT2D eigenvalue weighted by molar-refractivity contribution is -0.150. The van der Waals surface area contributed by atoms with Crippen LogP contribution in [0.1, 0.15) is 106 Å². The number of hydrogen-bond donors (Lipinski definition) is 2. The lowest BCUT2D eigenvalue weighted by Gasteiger charge is -2.26. The Kier molecular flexibility index (Phi) is 16.0. The molecule has 6 aromatic carbocycles. The Balaban J connectivity index is 0.000000201. The number of fused-ring (bicyclic) bond motifs is 2. The average Bonchev–Trinajstić information content (AvgIpc) is 4.00. The molecule has 2 heterocycles. The molecule has 0 saturated heterocycles. The lowest BCUT2D eigenvalue weighted by atomic mass is 9.79. The minimum atomic E-state index is -0.449. The second kappa shape index (κ2) is 22.2. The Labute approximate surface area is 398 Å². The van der Waals surface area contributed by atoms with E-state index in [1.54, 1.807) is 0 Å². The summed E-state index contributed by atoms with van der Waals surface area (Å²) in [6, 6.07) is 39.6. The van der Waals surface area contributed by atoms with Gasteiger partial charge in [0.15, 0.2) is 0 Å². The van der Waals surface area contributed by atoms with Crippen LogP contribution in [0, 0.1) is 39.5 Å². The molecule has 0 fully saturated rings. The van der Waals surface area contributed by atoms with Gasteiger partial charge in [-0.1, -0.05) is 133 Å². The molecule has 0 radical (unpaired) electrons. The van der Waals surface area contributed by atoms with Crippen molar-refractivity contribution in [2.75, 3.05) is 0 Å². The Morgan fingerprint density at radius 1 is 0.544 bits per heavy atom. The summed E-state index contributed by atoms with van der Waals surface area (Å²) in [6.45, 7) is 17.7. The number of aliphatic hydroxyl groups excluding tert-OH is 2. The highest BCUT2D eigenvalue weighted by Gasteiger charge is 2.33. The number of hydrogen-bond acceptors (Lipinski definition) is 10. The van der Waals surface area contributed by atoms with Crippen LogP contribution in [0.4, 0.5) is 0 Å². The number of benzene rings is 6. The predicted octanol–water partition coefficient (Wildman–Crippen LogP) is 10.1. The fourth-order valence-corrected chi connectivity index (χ4v) is 9.08.